The fourth-order valence-electron chi connectivity index (χ4n) is 1.42. The van der Waals surface area contributed by atoms with E-state index < -0.39 is 0 Å². The zero-order valence-electron chi connectivity index (χ0n) is 8.26. The molecule has 4 heteroatoms. The number of nitrogens with zero attached hydrogens (tertiary/aromatic N) is 1. The Morgan fingerprint density at radius 2 is 2.27 bits per heavy atom. The van der Waals surface area contributed by atoms with Gasteiger partial charge in [-0.25, -0.2) is 0 Å². The summed E-state index contributed by atoms with van der Waals surface area (Å²) in [7, 11) is 0. The number of nitrogens with two attached hydrogens (primary N) is 2. The molecular formula is C11H13N3S. The quantitative estimate of drug-likeness (QED) is 0.826. The summed E-state index contributed by atoms with van der Waals surface area (Å²) in [5.41, 5.74) is 15.5. The largest absolute Gasteiger partial charge is 0.329 e. The molecular weight excluding hydrogens is 206 g/mol. The van der Waals surface area contributed by atoms with E-state index in [9.17, 15) is 0 Å². The van der Waals surface area contributed by atoms with Gasteiger partial charge in [-0.15, -0.1) is 11.3 Å². The molecule has 4 N–H and O–H groups in total. The molecule has 0 bridgehead atoms. The van der Waals surface area contributed by atoms with Gasteiger partial charge >= 0.3 is 0 Å². The molecule has 1 aromatic carbocycles. The van der Waals surface area contributed by atoms with Crippen molar-refractivity contribution < 1.29 is 0 Å². The van der Waals surface area contributed by atoms with E-state index in [-0.39, 0.29) is 6.04 Å². The van der Waals surface area contributed by atoms with Crippen molar-refractivity contribution in [1.29, 1.82) is 0 Å². The average molecular weight is 219 g/mol. The van der Waals surface area contributed by atoms with Crippen LogP contribution in [0.1, 0.15) is 11.6 Å². The lowest BCUT2D eigenvalue weighted by Gasteiger charge is -2.09. The minimum absolute atomic E-state index is 0.0853. The van der Waals surface area contributed by atoms with E-state index in [4.69, 9.17) is 11.5 Å². The lowest BCUT2D eigenvalue weighted by molar-refractivity contribution is 0.737. The minimum Gasteiger partial charge on any atom is -0.329 e. The fourth-order valence-corrected chi connectivity index (χ4v) is 2.04. The molecule has 0 saturated carbocycles. The Balaban J connectivity index is 2.35. The molecule has 2 rings (SSSR count). The number of rotatable bonds is 3. The first-order valence-corrected chi connectivity index (χ1v) is 5.63. The lowest BCUT2D eigenvalue weighted by atomic mass is 10.0. The molecule has 0 radical (unpaired) electrons. The van der Waals surface area contributed by atoms with Gasteiger partial charge in [-0.1, -0.05) is 18.2 Å². The van der Waals surface area contributed by atoms with Crippen molar-refractivity contribution in [3.63, 3.8) is 0 Å². The van der Waals surface area contributed by atoms with Crippen LogP contribution in [0.2, 0.25) is 0 Å². The Labute approximate surface area is 92.8 Å². The predicted octanol–water partition coefficient (Wildman–Crippen LogP) is 1.77. The van der Waals surface area contributed by atoms with Crippen LogP contribution in [-0.2, 0) is 0 Å². The fraction of sp³-hybridized carbons (Fsp3) is 0.182. The van der Waals surface area contributed by atoms with Gasteiger partial charge in [-0.05, 0) is 17.2 Å². The maximum Gasteiger partial charge on any atom is 0.0797 e. The van der Waals surface area contributed by atoms with Gasteiger partial charge in [0.25, 0.3) is 0 Å². The zero-order chi connectivity index (χ0) is 10.7. The predicted molar refractivity (Wildman–Crippen MR) is 63.5 cm³/mol. The molecule has 3 nitrogen and oxygen atoms in total. The standard InChI is InChI=1S/C11H13N3S/c12-5-10(13)8-2-1-3-9(4-8)11-6-14-7-15-11/h1-4,6-7,10H,5,12-13H2. The summed E-state index contributed by atoms with van der Waals surface area (Å²) >= 11 is 1.62. The van der Waals surface area contributed by atoms with E-state index in [1.807, 2.05) is 23.8 Å². The monoisotopic (exact) mass is 219 g/mol. The highest BCUT2D eigenvalue weighted by Gasteiger charge is 2.05. The third kappa shape index (κ3) is 2.23. The molecule has 1 atom stereocenters. The van der Waals surface area contributed by atoms with Gasteiger partial charge in [-0.2, -0.15) is 0 Å². The number of thiazole rings is 1. The van der Waals surface area contributed by atoms with Crippen LogP contribution in [-0.4, -0.2) is 11.5 Å². The second kappa shape index (κ2) is 4.53. The Hall–Kier alpha value is -1.23. The van der Waals surface area contributed by atoms with Crippen molar-refractivity contribution in [3.8, 4) is 10.4 Å². The van der Waals surface area contributed by atoms with Crippen molar-refractivity contribution in [2.45, 2.75) is 6.04 Å². The highest BCUT2D eigenvalue weighted by Crippen LogP contribution is 2.25. The molecule has 0 saturated heterocycles. The highest BCUT2D eigenvalue weighted by atomic mass is 32.1. The normalized spacial score (nSPS) is 12.7. The van der Waals surface area contributed by atoms with Crippen molar-refractivity contribution >= 4 is 11.3 Å². The van der Waals surface area contributed by atoms with Gasteiger partial charge in [0.05, 0.1) is 10.4 Å². The zero-order valence-corrected chi connectivity index (χ0v) is 9.08. The first-order valence-electron chi connectivity index (χ1n) is 4.75. The molecule has 0 aliphatic rings. The Bertz CT molecular complexity index is 425. The van der Waals surface area contributed by atoms with Crippen molar-refractivity contribution in [3.05, 3.63) is 41.5 Å². The molecule has 1 unspecified atom stereocenters. The van der Waals surface area contributed by atoms with Gasteiger partial charge in [-0.3, -0.25) is 4.98 Å². The third-order valence-corrected chi connectivity index (χ3v) is 3.11. The van der Waals surface area contributed by atoms with Crippen LogP contribution in [0.15, 0.2) is 36.0 Å². The topological polar surface area (TPSA) is 64.9 Å². The van der Waals surface area contributed by atoms with E-state index in [1.54, 1.807) is 11.3 Å². The molecule has 78 valence electrons. The summed E-state index contributed by atoms with van der Waals surface area (Å²) in [5.74, 6) is 0. The number of hydrogen-bond donors (Lipinski definition) is 2. The number of hydrogen-bond acceptors (Lipinski definition) is 4. The molecule has 0 fully saturated rings. The molecule has 15 heavy (non-hydrogen) atoms. The van der Waals surface area contributed by atoms with Gasteiger partial charge in [0.2, 0.25) is 0 Å². The van der Waals surface area contributed by atoms with E-state index in [1.165, 1.54) is 0 Å². The van der Waals surface area contributed by atoms with Crippen LogP contribution in [0.3, 0.4) is 0 Å². The summed E-state index contributed by atoms with van der Waals surface area (Å²) in [5, 5.41) is 0. The molecule has 0 aliphatic carbocycles. The maximum absolute atomic E-state index is 5.88. The third-order valence-electron chi connectivity index (χ3n) is 2.29. The smallest absolute Gasteiger partial charge is 0.0797 e. The Morgan fingerprint density at radius 3 is 2.93 bits per heavy atom. The summed E-state index contributed by atoms with van der Waals surface area (Å²) in [4.78, 5) is 5.21. The first kappa shape index (κ1) is 10.3. The van der Waals surface area contributed by atoms with Crippen LogP contribution in [0.25, 0.3) is 10.4 Å². The molecule has 2 aromatic rings. The van der Waals surface area contributed by atoms with Gasteiger partial charge < -0.3 is 11.5 Å². The molecule has 0 amide bonds. The average Bonchev–Trinajstić information content (AvgIpc) is 2.82. The van der Waals surface area contributed by atoms with Gasteiger partial charge in [0.1, 0.15) is 0 Å². The van der Waals surface area contributed by atoms with Crippen molar-refractivity contribution in [1.82, 2.24) is 4.98 Å². The Morgan fingerprint density at radius 1 is 1.40 bits per heavy atom. The Kier molecular flexibility index (Phi) is 3.11. The van der Waals surface area contributed by atoms with E-state index >= 15 is 0 Å². The minimum atomic E-state index is -0.0853. The molecule has 1 aromatic heterocycles. The van der Waals surface area contributed by atoms with Gasteiger partial charge in [0.15, 0.2) is 0 Å². The summed E-state index contributed by atoms with van der Waals surface area (Å²) in [6.07, 6.45) is 1.86. The van der Waals surface area contributed by atoms with Crippen LogP contribution < -0.4 is 11.5 Å². The SMILES string of the molecule is NCC(N)c1cccc(-c2cncs2)c1. The van der Waals surface area contributed by atoms with Crippen LogP contribution in [0.4, 0.5) is 0 Å². The summed E-state index contributed by atoms with van der Waals surface area (Å²) < 4.78 is 0. The maximum atomic E-state index is 5.88. The van der Waals surface area contributed by atoms with E-state index in [0.717, 1.165) is 16.0 Å². The highest BCUT2D eigenvalue weighted by molar-refractivity contribution is 7.13. The van der Waals surface area contributed by atoms with Crippen molar-refractivity contribution in [2.75, 3.05) is 6.54 Å². The summed E-state index contributed by atoms with van der Waals surface area (Å²) in [6.45, 7) is 0.464. The van der Waals surface area contributed by atoms with E-state index in [2.05, 4.69) is 17.1 Å². The molecule has 0 aliphatic heterocycles. The van der Waals surface area contributed by atoms with Crippen LogP contribution in [0.5, 0.6) is 0 Å². The van der Waals surface area contributed by atoms with E-state index in [0.29, 0.717) is 6.54 Å². The van der Waals surface area contributed by atoms with Crippen LogP contribution in [0, 0.1) is 0 Å². The molecule has 0 spiro atoms. The lowest BCUT2D eigenvalue weighted by Crippen LogP contribution is -2.20. The number of benzene rings is 1. The number of aromatic nitrogens is 1. The first-order chi connectivity index (χ1) is 7.31. The van der Waals surface area contributed by atoms with Crippen LogP contribution >= 0.6 is 11.3 Å². The summed E-state index contributed by atoms with van der Waals surface area (Å²) in [6, 6.07) is 8.05. The van der Waals surface area contributed by atoms with Gasteiger partial charge in [0, 0.05) is 18.8 Å². The van der Waals surface area contributed by atoms with Crippen molar-refractivity contribution in [2.24, 2.45) is 11.5 Å². The second-order valence-corrected chi connectivity index (χ2v) is 4.22. The molecule has 1 heterocycles. The second-order valence-electron chi connectivity index (χ2n) is 3.33.